The zero-order valence-electron chi connectivity index (χ0n) is 26.1. The van der Waals surface area contributed by atoms with E-state index in [1.54, 1.807) is 40.9 Å². The normalized spacial score (nSPS) is 14.0. The van der Waals surface area contributed by atoms with E-state index in [4.69, 9.17) is 16.3 Å². The van der Waals surface area contributed by atoms with Crippen LogP contribution < -0.4 is 14.5 Å². The van der Waals surface area contributed by atoms with E-state index in [1.807, 2.05) is 32.9 Å². The minimum absolute atomic E-state index is 0.196. The Morgan fingerprint density at radius 2 is 1.70 bits per heavy atom. The van der Waals surface area contributed by atoms with Crippen molar-refractivity contribution in [3.8, 4) is 0 Å². The van der Waals surface area contributed by atoms with Crippen LogP contribution in [0.5, 0.6) is 0 Å². The third kappa shape index (κ3) is 10.5. The molecule has 9 nitrogen and oxygen atoms in total. The van der Waals surface area contributed by atoms with E-state index in [1.165, 1.54) is 32.7 Å². The predicted molar refractivity (Wildman–Crippen MR) is 179 cm³/mol. The SMILES string of the molecule is CCCCCCCSc1ccc(NC(=O)c2cc(N3CCN(C(=O)OC(C)(C)C)CC3)ccc2N(C)S(C)(=O)=O)c(Cl)c1. The van der Waals surface area contributed by atoms with Crippen molar-refractivity contribution in [2.24, 2.45) is 0 Å². The van der Waals surface area contributed by atoms with Crippen LogP contribution in [0.3, 0.4) is 0 Å². The molecule has 12 heteroatoms. The summed E-state index contributed by atoms with van der Waals surface area (Å²) in [5, 5.41) is 3.29. The van der Waals surface area contributed by atoms with Crippen LogP contribution in [0.25, 0.3) is 0 Å². The Bertz CT molecular complexity index is 1370. The molecule has 0 atom stereocenters. The Hall–Kier alpha value is -2.63. The first-order valence-electron chi connectivity index (χ1n) is 14.7. The van der Waals surface area contributed by atoms with Crippen LogP contribution in [0, 0.1) is 0 Å². The van der Waals surface area contributed by atoms with Gasteiger partial charge in [-0.05, 0) is 69.3 Å². The molecule has 0 radical (unpaired) electrons. The van der Waals surface area contributed by atoms with Crippen molar-refractivity contribution in [3.05, 3.63) is 47.0 Å². The molecule has 0 spiro atoms. The maximum atomic E-state index is 13.6. The number of halogens is 1. The number of nitrogens with one attached hydrogen (secondary N) is 1. The molecule has 0 unspecified atom stereocenters. The van der Waals surface area contributed by atoms with Crippen LogP contribution in [-0.4, -0.2) is 76.2 Å². The molecule has 238 valence electrons. The second kappa shape index (κ2) is 15.4. The first-order chi connectivity index (χ1) is 20.2. The van der Waals surface area contributed by atoms with Gasteiger partial charge in [0.2, 0.25) is 10.0 Å². The smallest absolute Gasteiger partial charge is 0.410 e. The minimum Gasteiger partial charge on any atom is -0.444 e. The van der Waals surface area contributed by atoms with E-state index in [9.17, 15) is 18.0 Å². The Morgan fingerprint density at radius 1 is 1.02 bits per heavy atom. The third-order valence-corrected chi connectivity index (χ3v) is 9.65. The van der Waals surface area contributed by atoms with E-state index >= 15 is 0 Å². The summed E-state index contributed by atoms with van der Waals surface area (Å²) in [4.78, 5) is 30.9. The van der Waals surface area contributed by atoms with Crippen LogP contribution in [0.4, 0.5) is 21.9 Å². The van der Waals surface area contributed by atoms with Crippen LogP contribution in [0.1, 0.15) is 70.2 Å². The molecule has 1 saturated heterocycles. The number of hydrogen-bond donors (Lipinski definition) is 1. The standard InChI is InChI=1S/C31H45ClN4O5S2/c1-7-8-9-10-11-20-42-24-13-14-27(26(32)22-24)33-29(37)25-21-23(12-15-28(25)34(5)43(6,39)40)35-16-18-36(19-17-35)30(38)41-31(2,3)4/h12-15,21-22H,7-11,16-20H2,1-6H3,(H,33,37). The summed E-state index contributed by atoms with van der Waals surface area (Å²) in [6.07, 6.45) is 6.83. The number of piperazine rings is 1. The molecule has 1 N–H and O–H groups in total. The molecule has 0 saturated carbocycles. The molecule has 1 fully saturated rings. The summed E-state index contributed by atoms with van der Waals surface area (Å²) in [6.45, 7) is 9.69. The highest BCUT2D eigenvalue weighted by molar-refractivity contribution is 7.99. The Labute approximate surface area is 266 Å². The third-order valence-electron chi connectivity index (χ3n) is 7.06. The molecule has 0 aromatic heterocycles. The van der Waals surface area contributed by atoms with Gasteiger partial charge < -0.3 is 19.9 Å². The quantitative estimate of drug-likeness (QED) is 0.193. The van der Waals surface area contributed by atoms with E-state index in [2.05, 4.69) is 17.1 Å². The van der Waals surface area contributed by atoms with E-state index in [-0.39, 0.29) is 17.3 Å². The number of thioether (sulfide) groups is 1. The lowest BCUT2D eigenvalue weighted by Gasteiger charge is -2.37. The van der Waals surface area contributed by atoms with Gasteiger partial charge in [0, 0.05) is 43.8 Å². The van der Waals surface area contributed by atoms with Gasteiger partial charge in [-0.2, -0.15) is 0 Å². The molecule has 2 amide bonds. The number of anilines is 3. The van der Waals surface area contributed by atoms with Gasteiger partial charge in [0.05, 0.1) is 28.2 Å². The highest BCUT2D eigenvalue weighted by Crippen LogP contribution is 2.32. The fourth-order valence-electron chi connectivity index (χ4n) is 4.60. The number of sulfonamides is 1. The molecule has 0 aliphatic carbocycles. The summed E-state index contributed by atoms with van der Waals surface area (Å²) in [6, 6.07) is 10.7. The number of benzene rings is 2. The lowest BCUT2D eigenvalue weighted by atomic mass is 10.1. The summed E-state index contributed by atoms with van der Waals surface area (Å²) < 4.78 is 31.4. The molecule has 2 aromatic rings. The molecule has 43 heavy (non-hydrogen) atoms. The number of hydrogen-bond acceptors (Lipinski definition) is 7. The predicted octanol–water partition coefficient (Wildman–Crippen LogP) is 7.11. The van der Waals surface area contributed by atoms with Crippen molar-refractivity contribution in [1.29, 1.82) is 0 Å². The summed E-state index contributed by atoms with van der Waals surface area (Å²) >= 11 is 8.30. The van der Waals surface area contributed by atoms with E-state index in [0.29, 0.717) is 36.9 Å². The lowest BCUT2D eigenvalue weighted by molar-refractivity contribution is 0.0240. The second-order valence-corrected chi connectivity index (χ2v) is 15.3. The molecule has 1 aliphatic rings. The van der Waals surface area contributed by atoms with Crippen LogP contribution in [0.15, 0.2) is 41.3 Å². The largest absolute Gasteiger partial charge is 0.444 e. The first kappa shape index (κ1) is 34.9. The molecule has 2 aromatic carbocycles. The topological polar surface area (TPSA) is 99.3 Å². The van der Waals surface area contributed by atoms with Gasteiger partial charge in [-0.25, -0.2) is 13.2 Å². The minimum atomic E-state index is -3.63. The van der Waals surface area contributed by atoms with Gasteiger partial charge in [0.1, 0.15) is 5.60 Å². The van der Waals surface area contributed by atoms with E-state index in [0.717, 1.165) is 33.3 Å². The molecular formula is C31H45ClN4O5S2. The van der Waals surface area contributed by atoms with Gasteiger partial charge in [-0.15, -0.1) is 11.8 Å². The molecule has 1 heterocycles. The number of nitrogens with zero attached hydrogens (tertiary/aromatic N) is 3. The molecular weight excluding hydrogens is 608 g/mol. The average Bonchev–Trinajstić information content (AvgIpc) is 2.94. The highest BCUT2D eigenvalue weighted by atomic mass is 35.5. The lowest BCUT2D eigenvalue weighted by Crippen LogP contribution is -2.50. The second-order valence-electron chi connectivity index (χ2n) is 11.7. The Morgan fingerprint density at radius 3 is 2.30 bits per heavy atom. The fourth-order valence-corrected chi connectivity index (χ4v) is 6.36. The number of rotatable bonds is 12. The number of carbonyl (C=O) groups excluding carboxylic acids is 2. The van der Waals surface area contributed by atoms with Crippen LogP contribution in [-0.2, 0) is 14.8 Å². The molecule has 1 aliphatic heterocycles. The zero-order valence-corrected chi connectivity index (χ0v) is 28.5. The molecule has 0 bridgehead atoms. The van der Waals surface area contributed by atoms with Crippen molar-refractivity contribution in [2.45, 2.75) is 70.3 Å². The Kier molecular flexibility index (Phi) is 12.5. The highest BCUT2D eigenvalue weighted by Gasteiger charge is 2.27. The van der Waals surface area contributed by atoms with E-state index < -0.39 is 21.5 Å². The zero-order chi connectivity index (χ0) is 31.8. The van der Waals surface area contributed by atoms with Crippen molar-refractivity contribution < 1.29 is 22.7 Å². The maximum absolute atomic E-state index is 13.6. The summed E-state index contributed by atoms with van der Waals surface area (Å²) in [5.41, 5.74) is 1.07. The van der Waals surface area contributed by atoms with Crippen LogP contribution in [0.2, 0.25) is 5.02 Å². The number of unbranched alkanes of at least 4 members (excludes halogenated alkanes) is 4. The number of carbonyl (C=O) groups is 2. The van der Waals surface area contributed by atoms with Crippen molar-refractivity contribution >= 4 is 62.4 Å². The van der Waals surface area contributed by atoms with Gasteiger partial charge in [0.25, 0.3) is 5.91 Å². The summed E-state index contributed by atoms with van der Waals surface area (Å²) in [7, 11) is -2.21. The van der Waals surface area contributed by atoms with Crippen molar-refractivity contribution in [2.75, 3.05) is 59.8 Å². The number of ether oxygens (including phenoxy) is 1. The van der Waals surface area contributed by atoms with Crippen LogP contribution >= 0.6 is 23.4 Å². The summed E-state index contributed by atoms with van der Waals surface area (Å²) in [5.74, 6) is 0.532. The maximum Gasteiger partial charge on any atom is 0.410 e. The van der Waals surface area contributed by atoms with Gasteiger partial charge in [-0.1, -0.05) is 44.2 Å². The van der Waals surface area contributed by atoms with Crippen molar-refractivity contribution in [1.82, 2.24) is 4.90 Å². The van der Waals surface area contributed by atoms with Gasteiger partial charge in [-0.3, -0.25) is 9.10 Å². The monoisotopic (exact) mass is 652 g/mol. The van der Waals surface area contributed by atoms with Gasteiger partial charge >= 0.3 is 6.09 Å². The van der Waals surface area contributed by atoms with Crippen molar-refractivity contribution in [3.63, 3.8) is 0 Å². The number of amides is 2. The van der Waals surface area contributed by atoms with Gasteiger partial charge in [0.15, 0.2) is 0 Å². The Balaban J connectivity index is 1.76. The molecule has 3 rings (SSSR count). The fraction of sp³-hybridized carbons (Fsp3) is 0.548. The average molecular weight is 653 g/mol. The first-order valence-corrected chi connectivity index (χ1v) is 18.0.